The highest BCUT2D eigenvalue weighted by molar-refractivity contribution is 14.1. The molecule has 0 unspecified atom stereocenters. The summed E-state index contributed by atoms with van der Waals surface area (Å²) in [5.74, 6) is -0.307. The Morgan fingerprint density at radius 1 is 1.12 bits per heavy atom. The van der Waals surface area contributed by atoms with Crippen LogP contribution < -0.4 is 5.32 Å². The van der Waals surface area contributed by atoms with E-state index in [0.29, 0.717) is 17.2 Å². The van der Waals surface area contributed by atoms with Gasteiger partial charge in [-0.2, -0.15) is 13.2 Å². The highest BCUT2D eigenvalue weighted by Crippen LogP contribution is 2.35. The maximum atomic E-state index is 14.4. The van der Waals surface area contributed by atoms with Gasteiger partial charge in [0.1, 0.15) is 17.5 Å². The van der Waals surface area contributed by atoms with Crippen molar-refractivity contribution in [3.05, 3.63) is 62.7 Å². The molecule has 0 fully saturated rings. The van der Waals surface area contributed by atoms with Gasteiger partial charge in [0, 0.05) is 14.5 Å². The van der Waals surface area contributed by atoms with Gasteiger partial charge in [-0.1, -0.05) is 12.1 Å². The summed E-state index contributed by atoms with van der Waals surface area (Å²) in [6, 6.07) is 8.16. The van der Waals surface area contributed by atoms with E-state index in [1.165, 1.54) is 12.1 Å². The minimum absolute atomic E-state index is 0.0742. The smallest absolute Gasteiger partial charge is 0.363 e. The Morgan fingerprint density at radius 3 is 2.54 bits per heavy atom. The Labute approximate surface area is 161 Å². The number of nitrogens with one attached hydrogen (secondary N) is 1. The molecular weight excluding hydrogens is 461 g/mol. The van der Waals surface area contributed by atoms with E-state index in [9.17, 15) is 17.6 Å². The van der Waals surface area contributed by atoms with Crippen LogP contribution in [0, 0.1) is 16.3 Å². The zero-order valence-corrected chi connectivity index (χ0v) is 16.0. The Morgan fingerprint density at radius 2 is 1.85 bits per heavy atom. The molecule has 1 heterocycles. The van der Waals surface area contributed by atoms with E-state index < -0.39 is 23.6 Å². The molecular formula is C18H14F4IN3. The van der Waals surface area contributed by atoms with E-state index in [1.54, 1.807) is 13.8 Å². The monoisotopic (exact) mass is 475 g/mol. The maximum absolute atomic E-state index is 14.4. The zero-order chi connectivity index (χ0) is 19.1. The quantitative estimate of drug-likeness (QED) is 0.380. The molecule has 0 saturated heterocycles. The van der Waals surface area contributed by atoms with Crippen molar-refractivity contribution in [2.75, 3.05) is 5.32 Å². The summed E-state index contributed by atoms with van der Waals surface area (Å²) in [6.07, 6.45) is -4.74. The number of hydrogen-bond donors (Lipinski definition) is 1. The minimum Gasteiger partial charge on any atom is -0.363 e. The molecule has 0 bridgehead atoms. The number of hydrogen-bond acceptors (Lipinski definition) is 3. The van der Waals surface area contributed by atoms with Crippen LogP contribution in [-0.2, 0) is 6.18 Å². The highest BCUT2D eigenvalue weighted by Gasteiger charge is 2.35. The summed E-state index contributed by atoms with van der Waals surface area (Å²) in [4.78, 5) is 8.68. The van der Waals surface area contributed by atoms with Crippen LogP contribution in [0.25, 0.3) is 10.9 Å². The van der Waals surface area contributed by atoms with Crippen molar-refractivity contribution in [1.82, 2.24) is 9.97 Å². The predicted octanol–water partition coefficient (Wildman–Crippen LogP) is 5.87. The lowest BCUT2D eigenvalue weighted by Crippen LogP contribution is -2.15. The van der Waals surface area contributed by atoms with Crippen LogP contribution in [-0.4, -0.2) is 9.97 Å². The lowest BCUT2D eigenvalue weighted by Gasteiger charge is -2.19. The average Bonchev–Trinajstić information content (AvgIpc) is 2.54. The van der Waals surface area contributed by atoms with Crippen molar-refractivity contribution >= 4 is 39.3 Å². The highest BCUT2D eigenvalue weighted by atomic mass is 127. The van der Waals surface area contributed by atoms with E-state index in [-0.39, 0.29) is 5.56 Å². The topological polar surface area (TPSA) is 37.8 Å². The summed E-state index contributed by atoms with van der Waals surface area (Å²) < 4.78 is 54.2. The van der Waals surface area contributed by atoms with Crippen LogP contribution >= 0.6 is 22.6 Å². The van der Waals surface area contributed by atoms with Crippen LogP contribution in [0.3, 0.4) is 0 Å². The van der Waals surface area contributed by atoms with Crippen molar-refractivity contribution in [2.24, 2.45) is 0 Å². The van der Waals surface area contributed by atoms with Crippen molar-refractivity contribution in [1.29, 1.82) is 0 Å². The van der Waals surface area contributed by atoms with E-state index >= 15 is 0 Å². The fourth-order valence-corrected chi connectivity index (χ4v) is 3.20. The number of halogens is 5. The number of fused-ring (bicyclic) bond motifs is 1. The second kappa shape index (κ2) is 6.98. The van der Waals surface area contributed by atoms with E-state index in [4.69, 9.17) is 0 Å². The fourth-order valence-electron chi connectivity index (χ4n) is 2.71. The van der Waals surface area contributed by atoms with Crippen molar-refractivity contribution in [2.45, 2.75) is 26.1 Å². The van der Waals surface area contributed by atoms with Crippen LogP contribution in [0.5, 0.6) is 0 Å². The summed E-state index contributed by atoms with van der Waals surface area (Å²) >= 11 is 2.15. The summed E-state index contributed by atoms with van der Waals surface area (Å²) in [7, 11) is 0. The number of aryl methyl sites for hydroxylation is 1. The number of aromatic nitrogens is 2. The third-order valence-corrected chi connectivity index (χ3v) is 4.59. The van der Waals surface area contributed by atoms with Gasteiger partial charge in [0.2, 0.25) is 0 Å². The molecule has 0 radical (unpaired) electrons. The molecule has 3 nitrogen and oxygen atoms in total. The SMILES string of the molecule is Cc1nc(N[C@H](C)c2cccc(C(F)(F)F)c2F)c2cc(I)ccc2n1. The first-order valence-electron chi connectivity index (χ1n) is 7.73. The van der Waals surface area contributed by atoms with Crippen molar-refractivity contribution in [3.8, 4) is 0 Å². The number of alkyl halides is 3. The Balaban J connectivity index is 2.03. The van der Waals surface area contributed by atoms with Gasteiger partial charge < -0.3 is 5.32 Å². The summed E-state index contributed by atoms with van der Waals surface area (Å²) in [5, 5.41) is 3.75. The first-order valence-corrected chi connectivity index (χ1v) is 8.80. The number of benzene rings is 2. The number of anilines is 1. The number of rotatable bonds is 3. The minimum atomic E-state index is -4.74. The first-order chi connectivity index (χ1) is 12.2. The Bertz CT molecular complexity index is 973. The maximum Gasteiger partial charge on any atom is 0.419 e. The molecule has 0 spiro atoms. The van der Waals surface area contributed by atoms with Crippen LogP contribution in [0.2, 0.25) is 0 Å². The van der Waals surface area contributed by atoms with Gasteiger partial charge in [-0.15, -0.1) is 0 Å². The molecule has 0 saturated carbocycles. The second-order valence-electron chi connectivity index (χ2n) is 5.85. The molecule has 1 N–H and O–H groups in total. The summed E-state index contributed by atoms with van der Waals surface area (Å²) in [5.41, 5.74) is -0.645. The average molecular weight is 475 g/mol. The molecule has 8 heteroatoms. The third-order valence-electron chi connectivity index (χ3n) is 3.92. The first kappa shape index (κ1) is 18.8. The Kier molecular flexibility index (Phi) is 5.05. The van der Waals surface area contributed by atoms with Gasteiger partial charge in [-0.3, -0.25) is 0 Å². The second-order valence-corrected chi connectivity index (χ2v) is 7.10. The van der Waals surface area contributed by atoms with Crippen molar-refractivity contribution in [3.63, 3.8) is 0 Å². The van der Waals surface area contributed by atoms with Gasteiger partial charge >= 0.3 is 6.18 Å². The third kappa shape index (κ3) is 3.74. The Hall–Kier alpha value is -1.97. The lowest BCUT2D eigenvalue weighted by molar-refractivity contribution is -0.140. The van der Waals surface area contributed by atoms with Crippen molar-refractivity contribution < 1.29 is 17.6 Å². The largest absolute Gasteiger partial charge is 0.419 e. The lowest BCUT2D eigenvalue weighted by atomic mass is 10.0. The molecule has 136 valence electrons. The fraction of sp³-hybridized carbons (Fsp3) is 0.222. The molecule has 2 aromatic carbocycles. The molecule has 1 atom stereocenters. The standard InChI is InChI=1S/C18H14F4IN3/c1-9(12-4-3-5-14(16(12)19)18(20,21)22)24-17-13-8-11(23)6-7-15(13)25-10(2)26-17/h3-9H,1-2H3,(H,24,25,26)/t9-/m1/s1. The van der Waals surface area contributed by atoms with E-state index in [0.717, 1.165) is 15.0 Å². The van der Waals surface area contributed by atoms with Gasteiger partial charge in [0.05, 0.1) is 17.1 Å². The summed E-state index contributed by atoms with van der Waals surface area (Å²) in [6.45, 7) is 3.31. The van der Waals surface area contributed by atoms with Gasteiger partial charge in [0.15, 0.2) is 0 Å². The van der Waals surface area contributed by atoms with Crippen LogP contribution in [0.1, 0.15) is 29.9 Å². The van der Waals surface area contributed by atoms with Gasteiger partial charge in [-0.25, -0.2) is 14.4 Å². The molecule has 3 aromatic rings. The molecule has 0 aliphatic rings. The molecule has 1 aromatic heterocycles. The van der Waals surface area contributed by atoms with Crippen LogP contribution in [0.4, 0.5) is 23.4 Å². The molecule has 3 rings (SSSR count). The molecule has 0 aliphatic carbocycles. The number of nitrogens with zero attached hydrogens (tertiary/aromatic N) is 2. The van der Waals surface area contributed by atoms with Gasteiger partial charge in [0.25, 0.3) is 0 Å². The molecule has 26 heavy (non-hydrogen) atoms. The molecule has 0 aliphatic heterocycles. The van der Waals surface area contributed by atoms with Crippen LogP contribution in [0.15, 0.2) is 36.4 Å². The predicted molar refractivity (Wildman–Crippen MR) is 100 cm³/mol. The van der Waals surface area contributed by atoms with E-state index in [2.05, 4.69) is 37.9 Å². The molecule has 0 amide bonds. The zero-order valence-electron chi connectivity index (χ0n) is 13.8. The van der Waals surface area contributed by atoms with Gasteiger partial charge in [-0.05, 0) is 60.7 Å². The van der Waals surface area contributed by atoms with E-state index in [1.807, 2.05) is 18.2 Å². The normalized spacial score (nSPS) is 13.0.